The third-order valence-electron chi connectivity index (χ3n) is 7.77. The lowest BCUT2D eigenvalue weighted by Crippen LogP contribution is -2.10. The molecule has 8 aromatic rings. The summed E-state index contributed by atoms with van der Waals surface area (Å²) in [7, 11) is 0. The Balaban J connectivity index is 1.20. The van der Waals surface area contributed by atoms with Gasteiger partial charge in [0.2, 0.25) is 5.82 Å². The number of hydrogen-bond donors (Lipinski definition) is 0. The van der Waals surface area contributed by atoms with E-state index in [1.165, 1.54) is 21.8 Å². The second-order valence-electron chi connectivity index (χ2n) is 10.4. The molecule has 5 heteroatoms. The highest BCUT2D eigenvalue weighted by Gasteiger charge is 2.17. The van der Waals surface area contributed by atoms with Crippen molar-refractivity contribution in [3.8, 4) is 28.5 Å². The van der Waals surface area contributed by atoms with Crippen LogP contribution in [0.15, 0.2) is 162 Å². The number of hydrogen-bond acceptors (Lipinski definition) is 4. The van der Waals surface area contributed by atoms with Gasteiger partial charge in [-0.05, 0) is 66.7 Å². The first-order chi connectivity index (χ1) is 21.3. The van der Waals surface area contributed by atoms with Gasteiger partial charge in [0.1, 0.15) is 0 Å². The van der Waals surface area contributed by atoms with Crippen molar-refractivity contribution < 1.29 is 4.52 Å². The number of fused-ring (bicyclic) bond motifs is 3. The predicted molar refractivity (Wildman–Crippen MR) is 174 cm³/mol. The second kappa shape index (κ2) is 10.5. The number of rotatable bonds is 6. The number of para-hydroxylation sites is 3. The number of benzene rings is 6. The summed E-state index contributed by atoms with van der Waals surface area (Å²) in [5.41, 5.74) is 8.37. The van der Waals surface area contributed by atoms with Crippen molar-refractivity contribution in [3.63, 3.8) is 0 Å². The summed E-state index contributed by atoms with van der Waals surface area (Å²) in [6.45, 7) is 0. The largest absolute Gasteiger partial charge is 0.334 e. The minimum atomic E-state index is 0.482. The Hall–Kier alpha value is -5.94. The SMILES string of the molecule is c1ccc(-c2noc(-c3cccc(N(c4ccccc4)c4ccc(-n5c6ccccc6c6ccccc65)cc4)c3)n2)cc1. The van der Waals surface area contributed by atoms with E-state index in [1.54, 1.807) is 0 Å². The predicted octanol–water partition coefficient (Wildman–Crippen LogP) is 9.97. The van der Waals surface area contributed by atoms with Crippen molar-refractivity contribution in [1.82, 2.24) is 14.7 Å². The maximum absolute atomic E-state index is 5.70. The molecule has 0 fully saturated rings. The average molecular weight is 555 g/mol. The van der Waals surface area contributed by atoms with Gasteiger partial charge in [-0.25, -0.2) is 0 Å². The normalized spacial score (nSPS) is 11.3. The summed E-state index contributed by atoms with van der Waals surface area (Å²) >= 11 is 0. The Kier molecular flexibility index (Phi) is 6.05. The van der Waals surface area contributed by atoms with Gasteiger partial charge in [0.05, 0.1) is 11.0 Å². The van der Waals surface area contributed by atoms with Crippen LogP contribution < -0.4 is 4.90 Å². The minimum absolute atomic E-state index is 0.482. The smallest absolute Gasteiger partial charge is 0.258 e. The maximum atomic E-state index is 5.70. The molecule has 0 N–H and O–H groups in total. The van der Waals surface area contributed by atoms with Crippen molar-refractivity contribution in [2.75, 3.05) is 4.90 Å². The fraction of sp³-hybridized carbons (Fsp3) is 0. The Bertz CT molecular complexity index is 2130. The first kappa shape index (κ1) is 24.8. The lowest BCUT2D eigenvalue weighted by Gasteiger charge is -2.26. The lowest BCUT2D eigenvalue weighted by molar-refractivity contribution is 0.432. The van der Waals surface area contributed by atoms with E-state index in [0.29, 0.717) is 11.7 Å². The van der Waals surface area contributed by atoms with Gasteiger partial charge in [-0.1, -0.05) is 96.2 Å². The Morgan fingerprint density at radius 3 is 1.74 bits per heavy atom. The first-order valence-corrected chi connectivity index (χ1v) is 14.3. The van der Waals surface area contributed by atoms with Crippen molar-refractivity contribution >= 4 is 38.9 Å². The quantitative estimate of drug-likeness (QED) is 0.205. The minimum Gasteiger partial charge on any atom is -0.334 e. The van der Waals surface area contributed by atoms with Gasteiger partial charge in [0.15, 0.2) is 0 Å². The van der Waals surface area contributed by atoms with E-state index in [-0.39, 0.29) is 0 Å². The zero-order chi connectivity index (χ0) is 28.6. The summed E-state index contributed by atoms with van der Waals surface area (Å²) in [5, 5.41) is 6.73. The van der Waals surface area contributed by atoms with Crippen LogP contribution in [0.5, 0.6) is 0 Å². The Labute approximate surface area is 248 Å². The summed E-state index contributed by atoms with van der Waals surface area (Å²) in [5.74, 6) is 1.05. The van der Waals surface area contributed by atoms with Gasteiger partial charge in [-0.3, -0.25) is 0 Å². The zero-order valence-corrected chi connectivity index (χ0v) is 23.2. The molecule has 0 bridgehead atoms. The standard InChI is InChI=1S/C38H26N4O/c1-3-12-27(13-4-1)37-39-38(43-40-37)28-14-11-17-32(26-28)41(29-15-5-2-6-16-29)30-22-24-31(25-23-30)42-35-20-9-7-18-33(35)34-19-8-10-21-36(34)42/h1-26H. The molecule has 0 amide bonds. The van der Waals surface area contributed by atoms with Gasteiger partial charge in [0.25, 0.3) is 5.89 Å². The van der Waals surface area contributed by atoms with Crippen LogP contribution in [0.2, 0.25) is 0 Å². The van der Waals surface area contributed by atoms with Crippen molar-refractivity contribution in [2.24, 2.45) is 0 Å². The van der Waals surface area contributed by atoms with Gasteiger partial charge >= 0.3 is 0 Å². The third-order valence-corrected chi connectivity index (χ3v) is 7.77. The molecule has 0 radical (unpaired) electrons. The Morgan fingerprint density at radius 1 is 0.488 bits per heavy atom. The van der Waals surface area contributed by atoms with Crippen molar-refractivity contribution in [1.29, 1.82) is 0 Å². The number of aromatic nitrogens is 3. The average Bonchev–Trinajstić information content (AvgIpc) is 3.71. The van der Waals surface area contributed by atoms with E-state index in [9.17, 15) is 0 Å². The number of anilines is 3. The molecule has 8 rings (SSSR count). The topological polar surface area (TPSA) is 47.1 Å². The van der Waals surface area contributed by atoms with E-state index >= 15 is 0 Å². The van der Waals surface area contributed by atoms with Crippen LogP contribution in [0.3, 0.4) is 0 Å². The van der Waals surface area contributed by atoms with Crippen LogP contribution in [-0.2, 0) is 0 Å². The molecule has 0 unspecified atom stereocenters. The number of nitrogens with zero attached hydrogens (tertiary/aromatic N) is 4. The molecule has 43 heavy (non-hydrogen) atoms. The van der Waals surface area contributed by atoms with Gasteiger partial charge in [0, 0.05) is 44.6 Å². The molecule has 0 spiro atoms. The summed E-state index contributed by atoms with van der Waals surface area (Å²) in [6, 6.07) is 54.4. The highest BCUT2D eigenvalue weighted by Crippen LogP contribution is 2.38. The van der Waals surface area contributed by atoms with E-state index in [2.05, 4.69) is 129 Å². The molecule has 0 aliphatic rings. The van der Waals surface area contributed by atoms with Crippen LogP contribution in [0.25, 0.3) is 50.3 Å². The van der Waals surface area contributed by atoms with Crippen molar-refractivity contribution in [2.45, 2.75) is 0 Å². The molecule has 204 valence electrons. The third kappa shape index (κ3) is 4.44. The van der Waals surface area contributed by atoms with Gasteiger partial charge < -0.3 is 14.0 Å². The molecule has 0 aliphatic carbocycles. The monoisotopic (exact) mass is 554 g/mol. The van der Waals surface area contributed by atoms with Crippen LogP contribution >= 0.6 is 0 Å². The highest BCUT2D eigenvalue weighted by molar-refractivity contribution is 6.09. The molecule has 0 saturated heterocycles. The fourth-order valence-electron chi connectivity index (χ4n) is 5.80. The fourth-order valence-corrected chi connectivity index (χ4v) is 5.80. The molecule has 0 atom stereocenters. The molecular weight excluding hydrogens is 528 g/mol. The van der Waals surface area contributed by atoms with Crippen LogP contribution in [0.4, 0.5) is 17.1 Å². The highest BCUT2D eigenvalue weighted by atomic mass is 16.5. The van der Waals surface area contributed by atoms with Crippen LogP contribution in [0.1, 0.15) is 0 Å². The van der Waals surface area contributed by atoms with Gasteiger partial charge in [-0.2, -0.15) is 4.98 Å². The zero-order valence-electron chi connectivity index (χ0n) is 23.2. The van der Waals surface area contributed by atoms with Crippen molar-refractivity contribution in [3.05, 3.63) is 158 Å². The second-order valence-corrected chi connectivity index (χ2v) is 10.4. The lowest BCUT2D eigenvalue weighted by atomic mass is 10.1. The molecule has 0 aliphatic heterocycles. The molecule has 2 aromatic heterocycles. The van der Waals surface area contributed by atoms with Gasteiger partial charge in [-0.15, -0.1) is 0 Å². The van der Waals surface area contributed by atoms with Crippen LogP contribution in [-0.4, -0.2) is 14.7 Å². The summed E-state index contributed by atoms with van der Waals surface area (Å²) in [6.07, 6.45) is 0. The van der Waals surface area contributed by atoms with E-state index in [0.717, 1.165) is 33.9 Å². The summed E-state index contributed by atoms with van der Waals surface area (Å²) < 4.78 is 8.03. The first-order valence-electron chi connectivity index (χ1n) is 14.3. The molecular formula is C38H26N4O. The molecule has 5 nitrogen and oxygen atoms in total. The maximum Gasteiger partial charge on any atom is 0.258 e. The van der Waals surface area contributed by atoms with E-state index < -0.39 is 0 Å². The van der Waals surface area contributed by atoms with E-state index in [4.69, 9.17) is 4.52 Å². The molecule has 2 heterocycles. The molecule has 0 saturated carbocycles. The Morgan fingerprint density at radius 2 is 1.05 bits per heavy atom. The van der Waals surface area contributed by atoms with Crippen LogP contribution in [0, 0.1) is 0 Å². The molecule has 6 aromatic carbocycles. The summed E-state index contributed by atoms with van der Waals surface area (Å²) in [4.78, 5) is 6.93. The van der Waals surface area contributed by atoms with E-state index in [1.807, 2.05) is 48.5 Å².